The van der Waals surface area contributed by atoms with Gasteiger partial charge in [-0.3, -0.25) is 0 Å². The molecule has 0 radical (unpaired) electrons. The monoisotopic (exact) mass is 338 g/mol. The summed E-state index contributed by atoms with van der Waals surface area (Å²) in [6.07, 6.45) is 0. The predicted molar refractivity (Wildman–Crippen MR) is 96.9 cm³/mol. The van der Waals surface area contributed by atoms with E-state index in [1.54, 1.807) is 19.1 Å². The van der Waals surface area contributed by atoms with Crippen LogP contribution in [0.4, 0.5) is 15.8 Å². The minimum atomic E-state index is -0.469. The van der Waals surface area contributed by atoms with E-state index in [-0.39, 0.29) is 18.1 Å². The summed E-state index contributed by atoms with van der Waals surface area (Å²) in [4.78, 5) is 16.5. The molecule has 1 heterocycles. The molecule has 0 unspecified atom stereocenters. The van der Waals surface area contributed by atoms with E-state index >= 15 is 0 Å². The van der Waals surface area contributed by atoms with Gasteiger partial charge in [0.2, 0.25) is 0 Å². The SMILES string of the molecule is CCOC(=O)c1cc(Nc2ccc(F)cc2C)c2cc(C)ccc2n1. The fourth-order valence-electron chi connectivity index (χ4n) is 2.67. The Kier molecular flexibility index (Phi) is 4.65. The number of pyridine rings is 1. The van der Waals surface area contributed by atoms with Crippen molar-refractivity contribution in [3.8, 4) is 0 Å². The number of ether oxygens (including phenoxy) is 1. The number of anilines is 2. The quantitative estimate of drug-likeness (QED) is 0.687. The summed E-state index contributed by atoms with van der Waals surface area (Å²) in [6, 6.07) is 12.0. The van der Waals surface area contributed by atoms with Crippen LogP contribution in [0.1, 0.15) is 28.5 Å². The first-order valence-electron chi connectivity index (χ1n) is 8.09. The van der Waals surface area contributed by atoms with Gasteiger partial charge in [-0.1, -0.05) is 11.6 Å². The summed E-state index contributed by atoms with van der Waals surface area (Å²) in [5, 5.41) is 4.18. The number of hydrogen-bond acceptors (Lipinski definition) is 4. The van der Waals surface area contributed by atoms with Crippen LogP contribution in [0.3, 0.4) is 0 Å². The van der Waals surface area contributed by atoms with Gasteiger partial charge in [-0.15, -0.1) is 0 Å². The first-order chi connectivity index (χ1) is 12.0. The molecular weight excluding hydrogens is 319 g/mol. The number of benzene rings is 2. The van der Waals surface area contributed by atoms with Gasteiger partial charge in [-0.25, -0.2) is 14.2 Å². The molecule has 0 aliphatic heterocycles. The minimum Gasteiger partial charge on any atom is -0.461 e. The highest BCUT2D eigenvalue weighted by atomic mass is 19.1. The molecule has 3 aromatic rings. The number of esters is 1. The van der Waals surface area contributed by atoms with Crippen LogP contribution in [-0.2, 0) is 4.74 Å². The number of nitrogens with one attached hydrogen (secondary N) is 1. The Morgan fingerprint density at radius 1 is 1.12 bits per heavy atom. The van der Waals surface area contributed by atoms with E-state index in [4.69, 9.17) is 4.74 Å². The van der Waals surface area contributed by atoms with Crippen molar-refractivity contribution in [1.82, 2.24) is 4.98 Å². The molecule has 2 aromatic carbocycles. The summed E-state index contributed by atoms with van der Waals surface area (Å²) in [6.45, 7) is 5.85. The Bertz CT molecular complexity index is 954. The van der Waals surface area contributed by atoms with Crippen LogP contribution in [0, 0.1) is 19.7 Å². The highest BCUT2D eigenvalue weighted by Crippen LogP contribution is 2.29. The van der Waals surface area contributed by atoms with Crippen LogP contribution < -0.4 is 5.32 Å². The Morgan fingerprint density at radius 3 is 2.64 bits per heavy atom. The third-order valence-electron chi connectivity index (χ3n) is 3.91. The second-order valence-electron chi connectivity index (χ2n) is 5.88. The van der Waals surface area contributed by atoms with Gasteiger partial charge in [0.15, 0.2) is 5.69 Å². The molecule has 1 aromatic heterocycles. The molecule has 0 atom stereocenters. The summed E-state index contributed by atoms with van der Waals surface area (Å²) >= 11 is 0. The second kappa shape index (κ2) is 6.89. The smallest absolute Gasteiger partial charge is 0.357 e. The Balaban J connectivity index is 2.13. The van der Waals surface area contributed by atoms with Crippen molar-refractivity contribution in [3.63, 3.8) is 0 Å². The van der Waals surface area contributed by atoms with E-state index < -0.39 is 5.97 Å². The topological polar surface area (TPSA) is 51.2 Å². The van der Waals surface area contributed by atoms with Crippen molar-refractivity contribution in [2.75, 3.05) is 11.9 Å². The van der Waals surface area contributed by atoms with Crippen molar-refractivity contribution in [2.45, 2.75) is 20.8 Å². The zero-order valence-electron chi connectivity index (χ0n) is 14.4. The minimum absolute atomic E-state index is 0.237. The van der Waals surface area contributed by atoms with Gasteiger partial charge >= 0.3 is 5.97 Å². The molecule has 0 fully saturated rings. The molecule has 5 heteroatoms. The zero-order chi connectivity index (χ0) is 18.0. The van der Waals surface area contributed by atoms with E-state index in [9.17, 15) is 9.18 Å². The number of aromatic nitrogens is 1. The number of nitrogens with zero attached hydrogens (tertiary/aromatic N) is 1. The molecular formula is C20H19FN2O2. The summed E-state index contributed by atoms with van der Waals surface area (Å²) in [5.74, 6) is -0.755. The van der Waals surface area contributed by atoms with Gasteiger partial charge in [0.05, 0.1) is 17.8 Å². The molecule has 25 heavy (non-hydrogen) atoms. The number of rotatable bonds is 4. The third kappa shape index (κ3) is 3.60. The standard InChI is InChI=1S/C20H19FN2O2/c1-4-25-20(24)19-11-18(15-9-12(2)5-7-17(15)23-19)22-16-8-6-14(21)10-13(16)3/h5-11H,4H2,1-3H3,(H,22,23). The van der Waals surface area contributed by atoms with Gasteiger partial charge in [0.25, 0.3) is 0 Å². The number of carbonyl (C=O) groups excluding carboxylic acids is 1. The van der Waals surface area contributed by atoms with Crippen molar-refractivity contribution >= 4 is 28.2 Å². The van der Waals surface area contributed by atoms with E-state index in [2.05, 4.69) is 10.3 Å². The molecule has 1 N–H and O–H groups in total. The number of aryl methyl sites for hydroxylation is 2. The molecule has 0 amide bonds. The lowest BCUT2D eigenvalue weighted by atomic mass is 10.1. The Hall–Kier alpha value is -2.95. The van der Waals surface area contributed by atoms with Crippen molar-refractivity contribution in [2.24, 2.45) is 0 Å². The molecule has 0 aliphatic carbocycles. The van der Waals surface area contributed by atoms with E-state index in [0.29, 0.717) is 5.52 Å². The number of hydrogen-bond donors (Lipinski definition) is 1. The maximum Gasteiger partial charge on any atom is 0.357 e. The maximum absolute atomic E-state index is 13.3. The summed E-state index contributed by atoms with van der Waals surface area (Å²) < 4.78 is 18.4. The highest BCUT2D eigenvalue weighted by Gasteiger charge is 2.14. The lowest BCUT2D eigenvalue weighted by Gasteiger charge is -2.14. The largest absolute Gasteiger partial charge is 0.461 e. The van der Waals surface area contributed by atoms with Gasteiger partial charge in [0, 0.05) is 11.1 Å². The molecule has 0 saturated carbocycles. The van der Waals surface area contributed by atoms with E-state index in [0.717, 1.165) is 27.9 Å². The third-order valence-corrected chi connectivity index (χ3v) is 3.91. The molecule has 0 bridgehead atoms. The van der Waals surface area contributed by atoms with Crippen molar-refractivity contribution < 1.29 is 13.9 Å². The van der Waals surface area contributed by atoms with Crippen LogP contribution in [0.25, 0.3) is 10.9 Å². The van der Waals surface area contributed by atoms with Gasteiger partial charge < -0.3 is 10.1 Å². The first kappa shape index (κ1) is 16.9. The number of halogens is 1. The van der Waals surface area contributed by atoms with Crippen LogP contribution in [-0.4, -0.2) is 17.6 Å². The molecule has 3 rings (SSSR count). The zero-order valence-corrected chi connectivity index (χ0v) is 14.4. The molecule has 4 nitrogen and oxygen atoms in total. The number of carbonyl (C=O) groups is 1. The average molecular weight is 338 g/mol. The molecule has 0 aliphatic rings. The normalized spacial score (nSPS) is 10.7. The van der Waals surface area contributed by atoms with Crippen molar-refractivity contribution in [3.05, 3.63) is 65.1 Å². The average Bonchev–Trinajstić information content (AvgIpc) is 2.57. The van der Waals surface area contributed by atoms with Crippen LogP contribution in [0.2, 0.25) is 0 Å². The maximum atomic E-state index is 13.3. The van der Waals surface area contributed by atoms with Crippen LogP contribution in [0.15, 0.2) is 42.5 Å². The molecule has 0 spiro atoms. The first-order valence-corrected chi connectivity index (χ1v) is 8.09. The lowest BCUT2D eigenvalue weighted by molar-refractivity contribution is 0.0520. The summed E-state index contributed by atoms with van der Waals surface area (Å²) in [7, 11) is 0. The Morgan fingerprint density at radius 2 is 1.92 bits per heavy atom. The highest BCUT2D eigenvalue weighted by molar-refractivity contribution is 5.99. The van der Waals surface area contributed by atoms with Crippen LogP contribution >= 0.6 is 0 Å². The fraction of sp³-hybridized carbons (Fsp3) is 0.200. The Labute approximate surface area is 145 Å². The van der Waals surface area contributed by atoms with Crippen LogP contribution in [0.5, 0.6) is 0 Å². The number of fused-ring (bicyclic) bond motifs is 1. The summed E-state index contributed by atoms with van der Waals surface area (Å²) in [5.41, 5.74) is 4.28. The van der Waals surface area contributed by atoms with Gasteiger partial charge in [-0.05, 0) is 62.7 Å². The molecule has 0 saturated heterocycles. The van der Waals surface area contributed by atoms with Crippen molar-refractivity contribution in [1.29, 1.82) is 0 Å². The van der Waals surface area contributed by atoms with Gasteiger partial charge in [-0.2, -0.15) is 0 Å². The van der Waals surface area contributed by atoms with E-state index in [1.807, 2.05) is 32.0 Å². The van der Waals surface area contributed by atoms with E-state index in [1.165, 1.54) is 12.1 Å². The predicted octanol–water partition coefficient (Wildman–Crippen LogP) is 4.91. The lowest BCUT2D eigenvalue weighted by Crippen LogP contribution is -2.08. The fourth-order valence-corrected chi connectivity index (χ4v) is 2.67. The second-order valence-corrected chi connectivity index (χ2v) is 5.88. The van der Waals surface area contributed by atoms with Gasteiger partial charge in [0.1, 0.15) is 5.82 Å². The molecule has 128 valence electrons.